The molecule has 2 amide bonds. The molecule has 1 saturated carbocycles. The summed E-state index contributed by atoms with van der Waals surface area (Å²) >= 11 is 0. The fraction of sp³-hybridized carbons (Fsp3) is 0.600. The zero-order valence-corrected chi connectivity index (χ0v) is 15.3. The van der Waals surface area contributed by atoms with Crippen molar-refractivity contribution in [2.45, 2.75) is 64.3 Å². The number of hydrogen-bond donors (Lipinski definition) is 2. The number of rotatable bonds is 9. The summed E-state index contributed by atoms with van der Waals surface area (Å²) in [6.07, 6.45) is 7.73. The average molecular weight is 366 g/mol. The fourth-order valence-electron chi connectivity index (χ4n) is 3.54. The van der Waals surface area contributed by atoms with Gasteiger partial charge in [0.15, 0.2) is 0 Å². The molecule has 2 atom stereocenters. The molecule has 144 valence electrons. The number of carbonyl (C=O) groups is 2. The molecule has 0 spiro atoms. The van der Waals surface area contributed by atoms with E-state index in [1.807, 2.05) is 0 Å². The van der Waals surface area contributed by atoms with Crippen LogP contribution in [0.15, 0.2) is 18.2 Å². The molecule has 0 bridgehead atoms. The summed E-state index contributed by atoms with van der Waals surface area (Å²) in [5.74, 6) is -1.63. The highest BCUT2D eigenvalue weighted by Crippen LogP contribution is 2.29. The van der Waals surface area contributed by atoms with Crippen LogP contribution >= 0.6 is 0 Å². The molecule has 0 aromatic heterocycles. The summed E-state index contributed by atoms with van der Waals surface area (Å²) < 4.78 is 26.4. The summed E-state index contributed by atoms with van der Waals surface area (Å²) in [4.78, 5) is 24.0. The highest BCUT2D eigenvalue weighted by molar-refractivity contribution is 5.94. The van der Waals surface area contributed by atoms with Crippen LogP contribution in [0.5, 0.6) is 0 Å². The lowest BCUT2D eigenvalue weighted by Crippen LogP contribution is -2.37. The van der Waals surface area contributed by atoms with Gasteiger partial charge in [-0.2, -0.15) is 0 Å². The molecule has 1 fully saturated rings. The Hall–Kier alpha value is -1.98. The van der Waals surface area contributed by atoms with Gasteiger partial charge in [0.2, 0.25) is 5.91 Å². The first-order chi connectivity index (χ1) is 12.5. The van der Waals surface area contributed by atoms with Crippen molar-refractivity contribution in [3.63, 3.8) is 0 Å². The maximum atomic E-state index is 13.5. The van der Waals surface area contributed by atoms with Crippen molar-refractivity contribution in [1.29, 1.82) is 0 Å². The van der Waals surface area contributed by atoms with E-state index in [-0.39, 0.29) is 24.1 Å². The van der Waals surface area contributed by atoms with Crippen molar-refractivity contribution in [1.82, 2.24) is 10.6 Å². The second kappa shape index (κ2) is 10.2. The molecule has 1 aliphatic carbocycles. The summed E-state index contributed by atoms with van der Waals surface area (Å²) in [5.41, 5.74) is -0.194. The van der Waals surface area contributed by atoms with Crippen LogP contribution in [-0.2, 0) is 4.79 Å². The van der Waals surface area contributed by atoms with Gasteiger partial charge in [0.1, 0.15) is 11.6 Å². The monoisotopic (exact) mass is 366 g/mol. The lowest BCUT2D eigenvalue weighted by Gasteiger charge is -2.21. The van der Waals surface area contributed by atoms with Crippen LogP contribution in [-0.4, -0.2) is 24.4 Å². The minimum Gasteiger partial charge on any atom is -0.353 e. The molecule has 26 heavy (non-hydrogen) atoms. The number of amides is 2. The number of benzene rings is 1. The van der Waals surface area contributed by atoms with E-state index in [0.29, 0.717) is 24.8 Å². The van der Waals surface area contributed by atoms with Gasteiger partial charge >= 0.3 is 0 Å². The molecule has 1 aromatic rings. The molecule has 1 aromatic carbocycles. The normalized spacial score (nSPS) is 19.3. The number of hydrogen-bond acceptors (Lipinski definition) is 2. The number of unbranched alkanes of at least 4 members (excludes halogenated alkanes) is 1. The Labute approximate surface area is 153 Å². The van der Waals surface area contributed by atoms with Gasteiger partial charge in [0.25, 0.3) is 5.91 Å². The van der Waals surface area contributed by atoms with Gasteiger partial charge in [0, 0.05) is 25.1 Å². The maximum absolute atomic E-state index is 13.5. The van der Waals surface area contributed by atoms with Crippen molar-refractivity contribution >= 4 is 11.8 Å². The highest BCUT2D eigenvalue weighted by Gasteiger charge is 2.27. The van der Waals surface area contributed by atoms with Crippen molar-refractivity contribution < 1.29 is 18.4 Å². The molecule has 0 heterocycles. The Kier molecular flexibility index (Phi) is 8.01. The molecule has 2 unspecified atom stereocenters. The largest absolute Gasteiger partial charge is 0.353 e. The van der Waals surface area contributed by atoms with Crippen LogP contribution < -0.4 is 10.6 Å². The molecule has 4 nitrogen and oxygen atoms in total. The van der Waals surface area contributed by atoms with Crippen molar-refractivity contribution in [3.05, 3.63) is 35.4 Å². The predicted octanol–water partition coefficient (Wildman–Crippen LogP) is 3.95. The minimum atomic E-state index is -0.889. The fourth-order valence-corrected chi connectivity index (χ4v) is 3.54. The molecule has 0 radical (unpaired) electrons. The van der Waals surface area contributed by atoms with Crippen LogP contribution in [0.1, 0.15) is 68.6 Å². The molecule has 2 N–H and O–H groups in total. The Morgan fingerprint density at radius 2 is 2.00 bits per heavy atom. The third-order valence-corrected chi connectivity index (χ3v) is 4.98. The zero-order chi connectivity index (χ0) is 18.9. The topological polar surface area (TPSA) is 58.2 Å². The Morgan fingerprint density at radius 1 is 1.19 bits per heavy atom. The standard InChI is InChI=1S/C20H28F2N2O2/c1-2-3-6-14-7-4-8-18(14)24-19(25)9-5-12-23-20(26)16-11-10-15(21)13-17(16)22/h10-11,13-14,18H,2-9,12H2,1H3,(H,23,26)(H,24,25). The smallest absolute Gasteiger partial charge is 0.254 e. The van der Waals surface area contributed by atoms with E-state index in [2.05, 4.69) is 17.6 Å². The van der Waals surface area contributed by atoms with Gasteiger partial charge < -0.3 is 10.6 Å². The maximum Gasteiger partial charge on any atom is 0.254 e. The Bertz CT molecular complexity index is 622. The SMILES string of the molecule is CCCCC1CCCC1NC(=O)CCCNC(=O)c1ccc(F)cc1F. The van der Waals surface area contributed by atoms with Gasteiger partial charge in [-0.3, -0.25) is 9.59 Å². The van der Waals surface area contributed by atoms with Gasteiger partial charge in [-0.25, -0.2) is 8.78 Å². The van der Waals surface area contributed by atoms with Gasteiger partial charge in [0.05, 0.1) is 5.56 Å². The predicted molar refractivity (Wildman–Crippen MR) is 96.7 cm³/mol. The lowest BCUT2D eigenvalue weighted by atomic mass is 9.96. The van der Waals surface area contributed by atoms with Crippen LogP contribution in [0.25, 0.3) is 0 Å². The summed E-state index contributed by atoms with van der Waals surface area (Å²) in [7, 11) is 0. The van der Waals surface area contributed by atoms with E-state index in [0.717, 1.165) is 18.6 Å². The molecule has 2 rings (SSSR count). The third kappa shape index (κ3) is 6.07. The zero-order valence-electron chi connectivity index (χ0n) is 15.3. The molecule has 0 aliphatic heterocycles. The molecule has 0 saturated heterocycles. The average Bonchev–Trinajstić information content (AvgIpc) is 3.03. The molecular weight excluding hydrogens is 338 g/mol. The van der Waals surface area contributed by atoms with E-state index in [9.17, 15) is 18.4 Å². The van der Waals surface area contributed by atoms with E-state index >= 15 is 0 Å². The minimum absolute atomic E-state index is 0.000565. The third-order valence-electron chi connectivity index (χ3n) is 4.98. The molecule has 1 aliphatic rings. The quantitative estimate of drug-likeness (QED) is 0.650. The van der Waals surface area contributed by atoms with Crippen molar-refractivity contribution in [2.75, 3.05) is 6.54 Å². The summed E-state index contributed by atoms with van der Waals surface area (Å²) in [6.45, 7) is 2.45. The number of nitrogens with one attached hydrogen (secondary N) is 2. The second-order valence-electron chi connectivity index (χ2n) is 6.99. The van der Waals surface area contributed by atoms with E-state index < -0.39 is 17.5 Å². The van der Waals surface area contributed by atoms with Gasteiger partial charge in [-0.1, -0.05) is 26.2 Å². The van der Waals surface area contributed by atoms with Gasteiger partial charge in [-0.15, -0.1) is 0 Å². The Balaban J connectivity index is 1.67. The van der Waals surface area contributed by atoms with Crippen molar-refractivity contribution in [3.8, 4) is 0 Å². The highest BCUT2D eigenvalue weighted by atomic mass is 19.1. The van der Waals surface area contributed by atoms with Crippen LogP contribution in [0.4, 0.5) is 8.78 Å². The lowest BCUT2D eigenvalue weighted by molar-refractivity contribution is -0.122. The van der Waals surface area contributed by atoms with Crippen molar-refractivity contribution in [2.24, 2.45) is 5.92 Å². The van der Waals surface area contributed by atoms with Crippen LogP contribution in [0.3, 0.4) is 0 Å². The van der Waals surface area contributed by atoms with Gasteiger partial charge in [-0.05, 0) is 43.7 Å². The first-order valence-corrected chi connectivity index (χ1v) is 9.54. The first-order valence-electron chi connectivity index (χ1n) is 9.54. The first kappa shape index (κ1) is 20.3. The summed E-state index contributed by atoms with van der Waals surface area (Å²) in [6, 6.07) is 3.11. The van der Waals surface area contributed by atoms with Crippen LogP contribution in [0.2, 0.25) is 0 Å². The van der Waals surface area contributed by atoms with E-state index in [1.54, 1.807) is 0 Å². The Morgan fingerprint density at radius 3 is 2.73 bits per heavy atom. The second-order valence-corrected chi connectivity index (χ2v) is 6.99. The molecular formula is C20H28F2N2O2. The van der Waals surface area contributed by atoms with E-state index in [4.69, 9.17) is 0 Å². The number of carbonyl (C=O) groups excluding carboxylic acids is 2. The number of halogens is 2. The van der Waals surface area contributed by atoms with Crippen LogP contribution in [0, 0.1) is 17.6 Å². The summed E-state index contributed by atoms with van der Waals surface area (Å²) in [5, 5.41) is 5.68. The molecule has 6 heteroatoms. The van der Waals surface area contributed by atoms with E-state index in [1.165, 1.54) is 32.1 Å².